The van der Waals surface area contributed by atoms with Crippen LogP contribution in [0.1, 0.15) is 35.1 Å². The first-order valence-electron chi connectivity index (χ1n) is 10.7. The molecule has 9 nitrogen and oxygen atoms in total. The number of anilines is 1. The molecule has 0 aromatic heterocycles. The summed E-state index contributed by atoms with van der Waals surface area (Å²) in [5.74, 6) is -0.993. The average Bonchev–Trinajstić information content (AvgIpc) is 3.59. The zero-order valence-electron chi connectivity index (χ0n) is 19.5. The molecule has 0 heterocycles. The highest BCUT2D eigenvalue weighted by molar-refractivity contribution is 14.1. The number of halogens is 1. The minimum absolute atomic E-state index is 0.0904. The molecule has 10 heteroatoms. The van der Waals surface area contributed by atoms with E-state index in [1.807, 2.05) is 32.9 Å². The molecule has 3 N–H and O–H groups in total. The number of nitrogens with zero attached hydrogens (tertiary/aromatic N) is 1. The summed E-state index contributed by atoms with van der Waals surface area (Å²) in [5.41, 5.74) is 6.70. The highest BCUT2D eigenvalue weighted by atomic mass is 127. The quantitative estimate of drug-likeness (QED) is 0.193. The second-order valence-corrected chi connectivity index (χ2v) is 9.25. The zero-order valence-corrected chi connectivity index (χ0v) is 21.6. The third kappa shape index (κ3) is 6.92. The highest BCUT2D eigenvalue weighted by Gasteiger charge is 2.26. The number of carbonyl (C=O) groups excluding carboxylic acids is 3. The lowest BCUT2D eigenvalue weighted by atomic mass is 10.1. The van der Waals surface area contributed by atoms with Crippen LogP contribution in [0.25, 0.3) is 0 Å². The number of aryl methyl sites for hydroxylation is 3. The molecule has 0 saturated heterocycles. The van der Waals surface area contributed by atoms with E-state index in [9.17, 15) is 14.4 Å². The number of amides is 3. The summed E-state index contributed by atoms with van der Waals surface area (Å²) >= 11 is 2.07. The molecule has 1 fully saturated rings. The number of benzene rings is 2. The maximum atomic E-state index is 12.5. The van der Waals surface area contributed by atoms with Gasteiger partial charge in [0.05, 0.1) is 16.9 Å². The fourth-order valence-corrected chi connectivity index (χ4v) is 4.12. The number of hydrazone groups is 1. The summed E-state index contributed by atoms with van der Waals surface area (Å²) in [4.78, 5) is 35.9. The van der Waals surface area contributed by atoms with E-state index in [-0.39, 0.29) is 18.6 Å². The van der Waals surface area contributed by atoms with E-state index < -0.39 is 11.8 Å². The number of methoxy groups -OCH3 is 1. The molecule has 1 aliphatic rings. The Morgan fingerprint density at radius 3 is 2.38 bits per heavy atom. The third-order valence-electron chi connectivity index (χ3n) is 5.04. The zero-order chi connectivity index (χ0) is 24.8. The third-order valence-corrected chi connectivity index (χ3v) is 5.84. The van der Waals surface area contributed by atoms with Crippen molar-refractivity contribution in [2.75, 3.05) is 19.0 Å². The maximum Gasteiger partial charge on any atom is 0.329 e. The Morgan fingerprint density at radius 2 is 1.76 bits per heavy atom. The van der Waals surface area contributed by atoms with Crippen LogP contribution in [0.15, 0.2) is 29.4 Å². The van der Waals surface area contributed by atoms with Crippen LogP contribution in [0, 0.1) is 24.3 Å². The number of rotatable bonds is 8. The Hall–Kier alpha value is -3.15. The molecule has 0 bridgehead atoms. The standard InChI is InChI=1S/C24H27IN4O5/c1-13-7-14(2)21(15(3)8-13)28-20(30)12-34-22-18(25)9-16(10-19(22)33-4)11-26-29-24(32)23(31)27-17-5-6-17/h7-11,17H,5-6,12H2,1-4H3,(H,27,31)(H,28,30)(H,29,32)/b26-11-. The predicted octanol–water partition coefficient (Wildman–Crippen LogP) is 2.97. The lowest BCUT2D eigenvalue weighted by molar-refractivity contribution is -0.139. The Morgan fingerprint density at radius 1 is 1.09 bits per heavy atom. The number of carbonyl (C=O) groups is 3. The van der Waals surface area contributed by atoms with Crippen molar-refractivity contribution in [2.45, 2.75) is 39.7 Å². The SMILES string of the molecule is COc1cc(/C=N\NC(=O)C(=O)NC2CC2)cc(I)c1OCC(=O)Nc1c(C)cc(C)cc1C. The molecule has 0 unspecified atom stereocenters. The topological polar surface area (TPSA) is 118 Å². The van der Waals surface area contributed by atoms with Gasteiger partial charge in [0.25, 0.3) is 5.91 Å². The summed E-state index contributed by atoms with van der Waals surface area (Å²) in [6, 6.07) is 7.52. The van der Waals surface area contributed by atoms with Crippen LogP contribution in [0.2, 0.25) is 0 Å². The number of hydrogen-bond donors (Lipinski definition) is 3. The van der Waals surface area contributed by atoms with Crippen LogP contribution in [0.4, 0.5) is 5.69 Å². The molecule has 0 radical (unpaired) electrons. The Bertz CT molecular complexity index is 1120. The Labute approximate surface area is 211 Å². The molecule has 1 saturated carbocycles. The lowest BCUT2D eigenvalue weighted by Crippen LogP contribution is -2.38. The molecule has 180 valence electrons. The van der Waals surface area contributed by atoms with Crippen molar-refractivity contribution in [3.05, 3.63) is 50.1 Å². The molecular formula is C24H27IN4O5. The monoisotopic (exact) mass is 578 g/mol. The largest absolute Gasteiger partial charge is 0.493 e. The van der Waals surface area contributed by atoms with Crippen molar-refractivity contribution < 1.29 is 23.9 Å². The Balaban J connectivity index is 1.61. The smallest absolute Gasteiger partial charge is 0.329 e. The first-order chi connectivity index (χ1) is 16.2. The van der Waals surface area contributed by atoms with Crippen LogP contribution in [0.3, 0.4) is 0 Å². The van der Waals surface area contributed by atoms with Crippen molar-refractivity contribution in [3.8, 4) is 11.5 Å². The van der Waals surface area contributed by atoms with Crippen molar-refractivity contribution in [3.63, 3.8) is 0 Å². The Kier molecular flexibility index (Phi) is 8.48. The van der Waals surface area contributed by atoms with Gasteiger partial charge >= 0.3 is 11.8 Å². The molecular weight excluding hydrogens is 551 g/mol. The van der Waals surface area contributed by atoms with Gasteiger partial charge in [-0.1, -0.05) is 17.7 Å². The molecule has 34 heavy (non-hydrogen) atoms. The van der Waals surface area contributed by atoms with Gasteiger partial charge in [0.1, 0.15) is 0 Å². The number of hydrogen-bond acceptors (Lipinski definition) is 6. The van der Waals surface area contributed by atoms with Gasteiger partial charge in [-0.25, -0.2) is 5.43 Å². The summed E-state index contributed by atoms with van der Waals surface area (Å²) in [5, 5.41) is 9.33. The number of nitrogens with one attached hydrogen (secondary N) is 3. The molecule has 2 aromatic carbocycles. The van der Waals surface area contributed by atoms with E-state index in [2.05, 4.69) is 43.8 Å². The maximum absolute atomic E-state index is 12.5. The molecule has 2 aromatic rings. The summed E-state index contributed by atoms with van der Waals surface area (Å²) in [7, 11) is 1.49. The van der Waals surface area contributed by atoms with Gasteiger partial charge in [-0.3, -0.25) is 14.4 Å². The minimum Gasteiger partial charge on any atom is -0.493 e. The second-order valence-electron chi connectivity index (χ2n) is 8.09. The summed E-state index contributed by atoms with van der Waals surface area (Å²) < 4.78 is 11.9. The minimum atomic E-state index is -0.824. The van der Waals surface area contributed by atoms with Gasteiger partial charge in [0, 0.05) is 11.7 Å². The van der Waals surface area contributed by atoms with Gasteiger partial charge in [-0.2, -0.15) is 5.10 Å². The average molecular weight is 578 g/mol. The normalized spacial score (nSPS) is 12.9. The molecule has 0 atom stereocenters. The van der Waals surface area contributed by atoms with Gasteiger partial charge in [-0.15, -0.1) is 0 Å². The van der Waals surface area contributed by atoms with Crippen molar-refractivity contribution in [1.82, 2.24) is 10.7 Å². The van der Waals surface area contributed by atoms with Crippen LogP contribution < -0.4 is 25.5 Å². The van der Waals surface area contributed by atoms with Gasteiger partial charge in [0.2, 0.25) is 0 Å². The van der Waals surface area contributed by atoms with Gasteiger partial charge in [0.15, 0.2) is 18.1 Å². The lowest BCUT2D eigenvalue weighted by Gasteiger charge is -2.15. The fourth-order valence-electron chi connectivity index (χ4n) is 3.34. The van der Waals surface area contributed by atoms with Crippen molar-refractivity contribution >= 4 is 52.2 Å². The highest BCUT2D eigenvalue weighted by Crippen LogP contribution is 2.33. The van der Waals surface area contributed by atoms with Crippen LogP contribution >= 0.6 is 22.6 Å². The number of ether oxygens (including phenoxy) is 2. The van der Waals surface area contributed by atoms with E-state index >= 15 is 0 Å². The van der Waals surface area contributed by atoms with Gasteiger partial charge in [-0.05, 0) is 85.0 Å². The molecule has 0 spiro atoms. The summed E-state index contributed by atoms with van der Waals surface area (Å²) in [6.45, 7) is 5.71. The van der Waals surface area contributed by atoms with E-state index in [0.29, 0.717) is 20.6 Å². The first kappa shape index (κ1) is 25.5. The van der Waals surface area contributed by atoms with E-state index in [0.717, 1.165) is 35.2 Å². The predicted molar refractivity (Wildman–Crippen MR) is 137 cm³/mol. The summed E-state index contributed by atoms with van der Waals surface area (Å²) in [6.07, 6.45) is 3.18. The molecule has 3 amide bonds. The molecule has 0 aliphatic heterocycles. The van der Waals surface area contributed by atoms with Gasteiger partial charge < -0.3 is 20.1 Å². The molecule has 3 rings (SSSR count). The van der Waals surface area contributed by atoms with E-state index in [4.69, 9.17) is 9.47 Å². The van der Waals surface area contributed by atoms with Crippen molar-refractivity contribution in [2.24, 2.45) is 5.10 Å². The fraction of sp³-hybridized carbons (Fsp3) is 0.333. The first-order valence-corrected chi connectivity index (χ1v) is 11.8. The van der Waals surface area contributed by atoms with Crippen LogP contribution in [0.5, 0.6) is 11.5 Å². The second kappa shape index (κ2) is 11.3. The van der Waals surface area contributed by atoms with E-state index in [1.54, 1.807) is 12.1 Å². The van der Waals surface area contributed by atoms with Crippen molar-refractivity contribution in [1.29, 1.82) is 0 Å². The molecule has 1 aliphatic carbocycles. The van der Waals surface area contributed by atoms with Crippen LogP contribution in [-0.2, 0) is 14.4 Å². The van der Waals surface area contributed by atoms with Crippen LogP contribution in [-0.4, -0.2) is 43.7 Å². The van der Waals surface area contributed by atoms with E-state index in [1.165, 1.54) is 13.3 Å².